The maximum Gasteiger partial charge on any atom is 0.194 e. The number of hydrogen-bond donors (Lipinski definition) is 0. The normalized spacial score (nSPS) is 11.0. The molecule has 0 nitrogen and oxygen atoms in total. The molecule has 0 saturated heterocycles. The molecule has 0 aliphatic rings. The summed E-state index contributed by atoms with van der Waals surface area (Å²) in [6, 6.07) is 61.4. The molecule has 0 unspecified atom stereocenters. The van der Waals surface area contributed by atoms with Gasteiger partial charge in [-0.15, -0.1) is 0 Å². The molecular formula is C90H68F16. The van der Waals surface area contributed by atoms with Gasteiger partial charge < -0.3 is 0 Å². The number of aryl methyl sites for hydroxylation is 4. The van der Waals surface area contributed by atoms with E-state index in [2.05, 4.69) is 45.0 Å². The third-order valence-corrected chi connectivity index (χ3v) is 17.8. The molecule has 13 rings (SSSR count). The van der Waals surface area contributed by atoms with Crippen LogP contribution in [-0.4, -0.2) is 0 Å². The zero-order chi connectivity index (χ0) is 76.0. The largest absolute Gasteiger partial charge is 0.207 e. The van der Waals surface area contributed by atoms with Crippen molar-refractivity contribution in [2.24, 2.45) is 0 Å². The van der Waals surface area contributed by atoms with Gasteiger partial charge in [0.1, 0.15) is 40.7 Å². The standard InChI is InChI=1S/C27H20F4.C22H18F4.C21H16F4.C20H14F4/c1-2-3-17-4-6-18(7-5-17)19-8-10-20(11-9-19)21-12-13-23(24(28)14-21)22-15-25(29)27(31)26(30)16-22;1-3-4-14-5-7-15(8-6-14)16-9-20(25)22(21(26)10-16)17-11-18(23)13(2)19(24)12-17;1-2-3-13-4-6-14(7-5-13)15-8-9-17(18(22)10-15)16-11-19(23)21(25)20(24)12-16;1-2-12-3-5-13(6-4-12)14-7-8-16(17(21)9-14)15-10-18(22)20(24)19(23)11-15/h4-16H,2-3H2,1H3;5-12H,3-4H2,1-2H3;4-12H,2-3H2,1H3;3-11H,2H2,1H3. The summed E-state index contributed by atoms with van der Waals surface area (Å²) in [6.07, 6.45) is 7.05. The first-order valence-corrected chi connectivity index (χ1v) is 34.1. The van der Waals surface area contributed by atoms with Gasteiger partial charge in [-0.2, -0.15) is 0 Å². The van der Waals surface area contributed by atoms with Crippen molar-refractivity contribution in [1.29, 1.82) is 0 Å². The molecule has 0 N–H and O–H groups in total. The van der Waals surface area contributed by atoms with Crippen LogP contribution in [0.3, 0.4) is 0 Å². The summed E-state index contributed by atoms with van der Waals surface area (Å²) >= 11 is 0. The minimum atomic E-state index is -1.57. The summed E-state index contributed by atoms with van der Waals surface area (Å²) in [4.78, 5) is 0. The molecule has 0 atom stereocenters. The topological polar surface area (TPSA) is 0 Å². The Morgan fingerprint density at radius 3 is 0.651 bits per heavy atom. The number of halogens is 16. The van der Waals surface area contributed by atoms with Gasteiger partial charge in [0.25, 0.3) is 0 Å². The lowest BCUT2D eigenvalue weighted by Gasteiger charge is -2.11. The van der Waals surface area contributed by atoms with E-state index in [0.717, 1.165) is 127 Å². The molecular weight excluding hydrogens is 1380 g/mol. The molecule has 0 bridgehead atoms. The Labute approximate surface area is 604 Å². The highest BCUT2D eigenvalue weighted by Gasteiger charge is 2.21. The van der Waals surface area contributed by atoms with Crippen LogP contribution in [0.2, 0.25) is 0 Å². The number of rotatable bonds is 16. The molecule has 13 aromatic rings. The fourth-order valence-electron chi connectivity index (χ4n) is 12.0. The van der Waals surface area contributed by atoms with Gasteiger partial charge in [-0.1, -0.05) is 205 Å². The Hall–Kier alpha value is -11.3. The molecule has 0 aliphatic heterocycles. The second-order valence-electron chi connectivity index (χ2n) is 25.2. The highest BCUT2D eigenvalue weighted by Crippen LogP contribution is 2.37. The van der Waals surface area contributed by atoms with Gasteiger partial charge in [0.05, 0.1) is 5.56 Å². The van der Waals surface area contributed by atoms with E-state index >= 15 is 0 Å². The predicted octanol–water partition coefficient (Wildman–Crippen LogP) is 27.7. The molecule has 0 heterocycles. The van der Waals surface area contributed by atoms with Crippen LogP contribution in [0.1, 0.15) is 74.8 Å². The smallest absolute Gasteiger partial charge is 0.194 e. The fraction of sp³-hybridized carbons (Fsp3) is 0.133. The summed E-state index contributed by atoms with van der Waals surface area (Å²) in [5.41, 5.74) is 11.6. The zero-order valence-electron chi connectivity index (χ0n) is 58.0. The lowest BCUT2D eigenvalue weighted by Crippen LogP contribution is -1.96. The minimum absolute atomic E-state index is 0.00494. The van der Waals surface area contributed by atoms with Gasteiger partial charge in [0.15, 0.2) is 52.4 Å². The molecule has 0 aromatic heterocycles. The van der Waals surface area contributed by atoms with Crippen LogP contribution < -0.4 is 0 Å². The summed E-state index contributed by atoms with van der Waals surface area (Å²) < 4.78 is 220. The van der Waals surface area contributed by atoms with Crippen LogP contribution in [0.15, 0.2) is 237 Å². The summed E-state index contributed by atoms with van der Waals surface area (Å²) in [6.45, 7) is 9.65. The highest BCUT2D eigenvalue weighted by atomic mass is 19.2. The van der Waals surface area contributed by atoms with Crippen LogP contribution in [0.4, 0.5) is 70.2 Å². The first-order valence-electron chi connectivity index (χ1n) is 34.1. The van der Waals surface area contributed by atoms with E-state index in [1.54, 1.807) is 18.2 Å². The summed E-state index contributed by atoms with van der Waals surface area (Å²) in [5.74, 6) is -18.1. The maximum atomic E-state index is 14.7. The van der Waals surface area contributed by atoms with E-state index in [9.17, 15) is 70.2 Å². The van der Waals surface area contributed by atoms with E-state index < -0.39 is 98.6 Å². The Bertz CT molecular complexity index is 5130. The zero-order valence-corrected chi connectivity index (χ0v) is 58.0. The minimum Gasteiger partial charge on any atom is -0.207 e. The van der Waals surface area contributed by atoms with E-state index in [1.165, 1.54) is 72.1 Å². The first-order chi connectivity index (χ1) is 50.8. The first kappa shape index (κ1) is 77.4. The lowest BCUT2D eigenvalue weighted by molar-refractivity contribution is 0.447. The number of benzene rings is 13. The SMILES string of the molecule is CCCc1ccc(-c2cc(F)c(-c3cc(F)c(C)c(F)c3)c(F)c2)cc1.CCCc1ccc(-c2ccc(-c3cc(F)c(F)c(F)c3)c(F)c2)cc1.CCCc1ccc(-c2ccc(-c3ccc(-c4cc(F)c(F)c(F)c4)c(F)c3)cc2)cc1.CCc1ccc(-c2ccc(-c3cc(F)c(F)c(F)c3)c(F)c2)cc1. The summed E-state index contributed by atoms with van der Waals surface area (Å²) in [5, 5.41) is 0. The van der Waals surface area contributed by atoms with Gasteiger partial charge in [0, 0.05) is 22.3 Å². The van der Waals surface area contributed by atoms with Gasteiger partial charge in [-0.3, -0.25) is 0 Å². The Morgan fingerprint density at radius 2 is 0.396 bits per heavy atom. The average molecular weight is 1450 g/mol. The molecule has 0 fully saturated rings. The van der Waals surface area contributed by atoms with Gasteiger partial charge >= 0.3 is 0 Å². The van der Waals surface area contributed by atoms with Crippen molar-refractivity contribution < 1.29 is 70.2 Å². The van der Waals surface area contributed by atoms with Crippen molar-refractivity contribution in [3.05, 3.63) is 357 Å². The Balaban J connectivity index is 0.000000152. The van der Waals surface area contributed by atoms with Crippen molar-refractivity contribution in [2.45, 2.75) is 79.6 Å². The molecule has 13 aromatic carbocycles. The number of hydrogen-bond acceptors (Lipinski definition) is 0. The van der Waals surface area contributed by atoms with Gasteiger partial charge in [-0.05, 0) is 212 Å². The second-order valence-corrected chi connectivity index (χ2v) is 25.2. The van der Waals surface area contributed by atoms with Gasteiger partial charge in [0.2, 0.25) is 0 Å². The molecule has 0 saturated carbocycles. The van der Waals surface area contributed by atoms with Crippen molar-refractivity contribution in [3.63, 3.8) is 0 Å². The van der Waals surface area contributed by atoms with Crippen LogP contribution in [0.25, 0.3) is 100 Å². The van der Waals surface area contributed by atoms with E-state index in [4.69, 9.17) is 0 Å². The van der Waals surface area contributed by atoms with E-state index in [0.29, 0.717) is 27.8 Å². The Kier molecular flexibility index (Phi) is 25.6. The van der Waals surface area contributed by atoms with Crippen molar-refractivity contribution >= 4 is 0 Å². The molecule has 540 valence electrons. The van der Waals surface area contributed by atoms with Crippen molar-refractivity contribution in [3.8, 4) is 100 Å². The predicted molar refractivity (Wildman–Crippen MR) is 390 cm³/mol. The molecule has 16 heteroatoms. The second kappa shape index (κ2) is 35.0. The average Bonchev–Trinajstić information content (AvgIpc) is 0.792. The Morgan fingerprint density at radius 1 is 0.189 bits per heavy atom. The third kappa shape index (κ3) is 18.6. The van der Waals surface area contributed by atoms with Crippen molar-refractivity contribution in [1.82, 2.24) is 0 Å². The highest BCUT2D eigenvalue weighted by molar-refractivity contribution is 5.77. The third-order valence-electron chi connectivity index (χ3n) is 17.8. The maximum absolute atomic E-state index is 14.7. The van der Waals surface area contributed by atoms with E-state index in [1.807, 2.05) is 104 Å². The molecule has 0 spiro atoms. The van der Waals surface area contributed by atoms with E-state index in [-0.39, 0.29) is 44.5 Å². The van der Waals surface area contributed by atoms with Crippen LogP contribution in [0, 0.1) is 100.0 Å². The summed E-state index contributed by atoms with van der Waals surface area (Å²) in [7, 11) is 0. The van der Waals surface area contributed by atoms with Gasteiger partial charge in [-0.25, -0.2) is 70.2 Å². The quantitative estimate of drug-likeness (QED) is 0.0668. The monoisotopic (exact) mass is 1450 g/mol. The van der Waals surface area contributed by atoms with Crippen LogP contribution in [0.5, 0.6) is 0 Å². The molecule has 0 aliphatic carbocycles. The van der Waals surface area contributed by atoms with Crippen LogP contribution in [-0.2, 0) is 25.7 Å². The van der Waals surface area contributed by atoms with Crippen LogP contribution >= 0.6 is 0 Å². The lowest BCUT2D eigenvalue weighted by atomic mass is 9.97. The fourth-order valence-corrected chi connectivity index (χ4v) is 12.0. The molecule has 0 amide bonds. The molecule has 0 radical (unpaired) electrons. The van der Waals surface area contributed by atoms with Crippen molar-refractivity contribution in [2.75, 3.05) is 0 Å². The molecule has 106 heavy (non-hydrogen) atoms.